The maximum Gasteiger partial charge on any atom is 0.416 e. The Balaban J connectivity index is 1.73. The van der Waals surface area contributed by atoms with Crippen LogP contribution in [0.2, 0.25) is 0 Å². The molecule has 10 heteroatoms. The summed E-state index contributed by atoms with van der Waals surface area (Å²) >= 11 is 0. The lowest BCUT2D eigenvalue weighted by Gasteiger charge is -2.13. The smallest absolute Gasteiger partial charge is 0.416 e. The lowest BCUT2D eigenvalue weighted by molar-refractivity contribution is -0.137. The van der Waals surface area contributed by atoms with E-state index in [0.717, 1.165) is 12.1 Å². The van der Waals surface area contributed by atoms with Crippen LogP contribution < -0.4 is 14.2 Å². The number of H-pyrrole nitrogens is 2. The number of hydrogen-bond acceptors (Lipinski definition) is 5. The zero-order valence-electron chi connectivity index (χ0n) is 16.2. The number of aromatic amines is 2. The quantitative estimate of drug-likeness (QED) is 0.492. The molecule has 156 valence electrons. The highest BCUT2D eigenvalue weighted by atomic mass is 19.4. The number of imidazole rings is 1. The summed E-state index contributed by atoms with van der Waals surface area (Å²) in [5, 5.41) is 7.13. The summed E-state index contributed by atoms with van der Waals surface area (Å²) in [6.07, 6.45) is -4.42. The molecule has 0 saturated heterocycles. The number of rotatable bonds is 5. The van der Waals surface area contributed by atoms with Crippen molar-refractivity contribution in [1.82, 2.24) is 20.2 Å². The first-order chi connectivity index (χ1) is 14.3. The van der Waals surface area contributed by atoms with Gasteiger partial charge in [0.05, 0.1) is 43.6 Å². The molecule has 0 saturated carbocycles. The predicted molar refractivity (Wildman–Crippen MR) is 104 cm³/mol. The van der Waals surface area contributed by atoms with E-state index in [4.69, 9.17) is 14.2 Å². The van der Waals surface area contributed by atoms with Crippen LogP contribution in [0.4, 0.5) is 13.2 Å². The van der Waals surface area contributed by atoms with Crippen LogP contribution in [-0.2, 0) is 6.18 Å². The van der Waals surface area contributed by atoms with E-state index >= 15 is 0 Å². The lowest BCUT2D eigenvalue weighted by Crippen LogP contribution is -2.04. The van der Waals surface area contributed by atoms with Crippen molar-refractivity contribution in [3.8, 4) is 40.0 Å². The van der Waals surface area contributed by atoms with Gasteiger partial charge in [0.2, 0.25) is 5.75 Å². The number of aromatic nitrogens is 4. The normalized spacial score (nSPS) is 11.7. The summed E-state index contributed by atoms with van der Waals surface area (Å²) in [5.74, 6) is 1.77. The molecule has 0 aliphatic carbocycles. The summed E-state index contributed by atoms with van der Waals surface area (Å²) in [6.45, 7) is 0. The highest BCUT2D eigenvalue weighted by molar-refractivity contribution is 5.80. The molecular weight excluding hydrogens is 401 g/mol. The summed E-state index contributed by atoms with van der Waals surface area (Å²) in [6, 6.07) is 8.58. The van der Waals surface area contributed by atoms with Gasteiger partial charge < -0.3 is 19.2 Å². The zero-order chi connectivity index (χ0) is 21.5. The lowest BCUT2D eigenvalue weighted by atomic mass is 10.1. The minimum Gasteiger partial charge on any atom is -0.493 e. The van der Waals surface area contributed by atoms with Gasteiger partial charge >= 0.3 is 6.18 Å². The molecule has 0 fully saturated rings. The van der Waals surface area contributed by atoms with E-state index in [2.05, 4.69) is 20.2 Å². The van der Waals surface area contributed by atoms with Gasteiger partial charge in [-0.05, 0) is 36.4 Å². The van der Waals surface area contributed by atoms with Crippen molar-refractivity contribution in [2.45, 2.75) is 6.18 Å². The molecule has 0 spiro atoms. The van der Waals surface area contributed by atoms with Crippen LogP contribution in [0.15, 0.2) is 36.4 Å². The first-order valence-electron chi connectivity index (χ1n) is 8.77. The maximum absolute atomic E-state index is 12.9. The molecule has 0 amide bonds. The monoisotopic (exact) mass is 418 g/mol. The van der Waals surface area contributed by atoms with Gasteiger partial charge in [-0.3, -0.25) is 5.10 Å². The number of alkyl halides is 3. The van der Waals surface area contributed by atoms with E-state index < -0.39 is 11.7 Å². The van der Waals surface area contributed by atoms with Crippen molar-refractivity contribution in [3.63, 3.8) is 0 Å². The van der Waals surface area contributed by atoms with Crippen LogP contribution in [0.5, 0.6) is 17.2 Å². The van der Waals surface area contributed by atoms with Crippen molar-refractivity contribution < 1.29 is 27.4 Å². The van der Waals surface area contributed by atoms with E-state index in [1.54, 1.807) is 18.2 Å². The van der Waals surface area contributed by atoms with Crippen LogP contribution in [0.1, 0.15) is 5.56 Å². The number of methoxy groups -OCH3 is 3. The largest absolute Gasteiger partial charge is 0.493 e. The first-order valence-corrected chi connectivity index (χ1v) is 8.77. The molecule has 4 rings (SSSR count). The Morgan fingerprint density at radius 1 is 0.900 bits per heavy atom. The van der Waals surface area contributed by atoms with Gasteiger partial charge in [-0.25, -0.2) is 4.98 Å². The molecule has 30 heavy (non-hydrogen) atoms. The molecule has 0 aliphatic rings. The Kier molecular flexibility index (Phi) is 4.76. The summed E-state index contributed by atoms with van der Waals surface area (Å²) < 4.78 is 54.8. The Morgan fingerprint density at radius 3 is 2.20 bits per heavy atom. The van der Waals surface area contributed by atoms with E-state index in [1.165, 1.54) is 27.4 Å². The number of ether oxygens (including phenoxy) is 3. The van der Waals surface area contributed by atoms with Gasteiger partial charge in [-0.15, -0.1) is 0 Å². The molecule has 7 nitrogen and oxygen atoms in total. The van der Waals surface area contributed by atoms with Crippen LogP contribution in [-0.4, -0.2) is 41.5 Å². The molecule has 0 unspecified atom stereocenters. The predicted octanol–water partition coefficient (Wildman–Crippen LogP) is 4.66. The van der Waals surface area contributed by atoms with Crippen molar-refractivity contribution in [1.29, 1.82) is 0 Å². The van der Waals surface area contributed by atoms with E-state index in [-0.39, 0.29) is 5.52 Å². The first kappa shape index (κ1) is 19.6. The summed E-state index contributed by atoms with van der Waals surface area (Å²) in [7, 11) is 4.54. The minimum absolute atomic E-state index is 0.281. The number of halogens is 3. The average Bonchev–Trinajstić information content (AvgIpc) is 3.38. The van der Waals surface area contributed by atoms with E-state index in [9.17, 15) is 13.2 Å². The van der Waals surface area contributed by atoms with E-state index in [0.29, 0.717) is 45.5 Å². The molecular formula is C20H17F3N4O3. The van der Waals surface area contributed by atoms with E-state index in [1.807, 2.05) is 0 Å². The van der Waals surface area contributed by atoms with Crippen LogP contribution >= 0.6 is 0 Å². The van der Waals surface area contributed by atoms with Gasteiger partial charge in [0.1, 0.15) is 5.69 Å². The molecule has 2 aromatic heterocycles. The fourth-order valence-corrected chi connectivity index (χ4v) is 3.13. The second-order valence-corrected chi connectivity index (χ2v) is 6.40. The molecule has 0 radical (unpaired) electrons. The van der Waals surface area contributed by atoms with Gasteiger partial charge in [-0.2, -0.15) is 18.3 Å². The number of fused-ring (bicyclic) bond motifs is 1. The molecule has 2 aromatic carbocycles. The molecule has 0 aliphatic heterocycles. The average molecular weight is 418 g/mol. The number of nitrogens with zero attached hydrogens (tertiary/aromatic N) is 2. The third kappa shape index (κ3) is 3.40. The van der Waals surface area contributed by atoms with Gasteiger partial charge in [-0.1, -0.05) is 0 Å². The van der Waals surface area contributed by atoms with Gasteiger partial charge in [0, 0.05) is 5.56 Å². The number of hydrogen-bond donors (Lipinski definition) is 2. The minimum atomic E-state index is -4.42. The zero-order valence-corrected chi connectivity index (χ0v) is 16.2. The van der Waals surface area contributed by atoms with Crippen LogP contribution in [0.25, 0.3) is 33.8 Å². The number of nitrogens with one attached hydrogen (secondary N) is 2. The fourth-order valence-electron chi connectivity index (χ4n) is 3.13. The highest BCUT2D eigenvalue weighted by Gasteiger charge is 2.30. The van der Waals surface area contributed by atoms with Crippen molar-refractivity contribution >= 4 is 11.0 Å². The second kappa shape index (κ2) is 7.29. The van der Waals surface area contributed by atoms with Crippen LogP contribution in [0, 0.1) is 0 Å². The van der Waals surface area contributed by atoms with Gasteiger partial charge in [0.15, 0.2) is 17.3 Å². The van der Waals surface area contributed by atoms with Crippen molar-refractivity contribution in [3.05, 3.63) is 42.0 Å². The third-order valence-electron chi connectivity index (χ3n) is 4.60. The highest BCUT2D eigenvalue weighted by Crippen LogP contribution is 2.41. The molecule has 2 heterocycles. The number of benzene rings is 2. The molecule has 4 aromatic rings. The Bertz CT molecular complexity index is 1190. The summed E-state index contributed by atoms with van der Waals surface area (Å²) in [4.78, 5) is 7.25. The molecule has 0 bridgehead atoms. The van der Waals surface area contributed by atoms with Crippen molar-refractivity contribution in [2.75, 3.05) is 21.3 Å². The van der Waals surface area contributed by atoms with Crippen molar-refractivity contribution in [2.24, 2.45) is 0 Å². The topological polar surface area (TPSA) is 85.1 Å². The Morgan fingerprint density at radius 2 is 1.60 bits per heavy atom. The second-order valence-electron chi connectivity index (χ2n) is 6.40. The fraction of sp³-hybridized carbons (Fsp3) is 0.200. The van der Waals surface area contributed by atoms with Gasteiger partial charge in [0.25, 0.3) is 0 Å². The molecule has 0 atom stereocenters. The SMILES string of the molecule is COc1cc(-c2cc(-c3nc4ccc(C(F)(F)F)cc4[nH]3)[nH]n2)cc(OC)c1OC. The summed E-state index contributed by atoms with van der Waals surface area (Å²) in [5.41, 5.74) is 1.74. The Labute approximate surface area is 168 Å². The molecule has 2 N–H and O–H groups in total. The maximum atomic E-state index is 12.9. The Hall–Kier alpha value is -3.69. The standard InChI is InChI=1S/C20H17F3N4O3/c1-28-16-6-10(7-17(29-2)18(16)30-3)13-9-15(27-26-13)19-24-12-5-4-11(20(21,22)23)8-14(12)25-19/h4-9H,1-3H3,(H,24,25)(H,26,27). The van der Waals surface area contributed by atoms with Crippen LogP contribution in [0.3, 0.4) is 0 Å². The third-order valence-corrected chi connectivity index (χ3v) is 4.60.